The van der Waals surface area contributed by atoms with E-state index < -0.39 is 49.8 Å². The molecule has 7 nitrogen and oxygen atoms in total. The zero-order valence-corrected chi connectivity index (χ0v) is 18.3. The Bertz CT molecular complexity index is 893. The van der Waals surface area contributed by atoms with Crippen LogP contribution in [0.4, 0.5) is 0 Å². The Morgan fingerprint density at radius 1 is 1.21 bits per heavy atom. The predicted octanol–water partition coefficient (Wildman–Crippen LogP) is 2.05. The van der Waals surface area contributed by atoms with Gasteiger partial charge in [0.05, 0.1) is 10.8 Å². The zero-order valence-electron chi connectivity index (χ0n) is 15.9. The molecule has 2 amide bonds. The van der Waals surface area contributed by atoms with E-state index >= 15 is 0 Å². The molecule has 3 rings (SSSR count). The number of carbonyl (C=O) groups is 3. The van der Waals surface area contributed by atoms with Crippen LogP contribution in [0.25, 0.3) is 0 Å². The van der Waals surface area contributed by atoms with Gasteiger partial charge in [0, 0.05) is 5.56 Å². The molecule has 4 atom stereocenters. The Balaban J connectivity index is 1.87. The van der Waals surface area contributed by atoms with E-state index in [1.807, 2.05) is 0 Å². The lowest BCUT2D eigenvalue weighted by atomic mass is 10.0. The lowest BCUT2D eigenvalue weighted by Gasteiger charge is -2.50. The van der Waals surface area contributed by atoms with Gasteiger partial charge in [-0.05, 0) is 45.4 Å². The number of alkyl halides is 1. The summed E-state index contributed by atoms with van der Waals surface area (Å²) in [5, 5.41) is 1.80. The van der Waals surface area contributed by atoms with Gasteiger partial charge in [-0.25, -0.2) is 4.79 Å². The number of nitrogens with zero attached hydrogens (tertiary/aromatic N) is 1. The van der Waals surface area contributed by atoms with E-state index in [-0.39, 0.29) is 5.70 Å². The average Bonchev–Trinajstić information content (AvgIpc) is 2.63. The number of hydrogen-bond acceptors (Lipinski definition) is 5. The van der Waals surface area contributed by atoms with Gasteiger partial charge in [-0.3, -0.25) is 18.7 Å². The van der Waals surface area contributed by atoms with Gasteiger partial charge in [0.1, 0.15) is 26.9 Å². The molecule has 0 aliphatic carbocycles. The highest BCUT2D eigenvalue weighted by Crippen LogP contribution is 2.40. The van der Waals surface area contributed by atoms with Crippen molar-refractivity contribution in [3.8, 4) is 0 Å². The smallest absolute Gasteiger partial charge is 0.355 e. The van der Waals surface area contributed by atoms with Crippen molar-refractivity contribution in [3.63, 3.8) is 0 Å². The van der Waals surface area contributed by atoms with Crippen LogP contribution in [0.5, 0.6) is 0 Å². The Labute approximate surface area is 174 Å². The maximum Gasteiger partial charge on any atom is 0.355 e. The second-order valence-electron chi connectivity index (χ2n) is 7.59. The van der Waals surface area contributed by atoms with Gasteiger partial charge in [-0.15, -0.1) is 0 Å². The summed E-state index contributed by atoms with van der Waals surface area (Å²) >= 11 is 3.35. The molecule has 2 aliphatic rings. The molecule has 0 saturated carbocycles. The van der Waals surface area contributed by atoms with Crippen LogP contribution in [0.15, 0.2) is 41.6 Å². The van der Waals surface area contributed by atoms with Crippen molar-refractivity contribution in [1.29, 1.82) is 0 Å². The first-order valence-corrected chi connectivity index (χ1v) is 10.9. The molecule has 3 unspecified atom stereocenters. The van der Waals surface area contributed by atoms with Crippen LogP contribution in [0.3, 0.4) is 0 Å². The van der Waals surface area contributed by atoms with Crippen molar-refractivity contribution in [2.45, 2.75) is 48.9 Å². The summed E-state index contributed by atoms with van der Waals surface area (Å²) in [5.74, 6) is -1.58. The first-order valence-electron chi connectivity index (χ1n) is 8.69. The molecule has 0 radical (unpaired) electrons. The summed E-state index contributed by atoms with van der Waals surface area (Å²) in [6.07, 6.45) is 0. The van der Waals surface area contributed by atoms with Gasteiger partial charge >= 0.3 is 5.97 Å². The van der Waals surface area contributed by atoms with Crippen LogP contribution >= 0.6 is 15.9 Å². The molecule has 1 fully saturated rings. The fraction of sp³-hybridized carbons (Fsp3) is 0.421. The number of esters is 1. The van der Waals surface area contributed by atoms with E-state index in [1.54, 1.807) is 58.0 Å². The fourth-order valence-corrected chi connectivity index (χ4v) is 5.52. The highest BCUT2D eigenvalue weighted by molar-refractivity contribution is 9.11. The number of rotatable bonds is 3. The summed E-state index contributed by atoms with van der Waals surface area (Å²) in [6, 6.07) is 7.47. The molecular formula is C19H21BrN2O5S. The van der Waals surface area contributed by atoms with Crippen LogP contribution in [-0.2, 0) is 25.1 Å². The molecule has 28 heavy (non-hydrogen) atoms. The highest BCUT2D eigenvalue weighted by atomic mass is 79.9. The first-order chi connectivity index (χ1) is 13.0. The van der Waals surface area contributed by atoms with E-state index in [0.717, 1.165) is 0 Å². The number of β-lactam (4-membered cyclic amide) rings is 1. The number of carbonyl (C=O) groups excluding carboxylic acids is 3. The number of halogens is 1. The Morgan fingerprint density at radius 3 is 2.39 bits per heavy atom. The lowest BCUT2D eigenvalue weighted by molar-refractivity contribution is -0.158. The summed E-state index contributed by atoms with van der Waals surface area (Å²) in [6.45, 7) is 6.82. The highest BCUT2D eigenvalue weighted by Gasteiger charge is 2.59. The third-order valence-corrected chi connectivity index (χ3v) is 7.87. The third kappa shape index (κ3) is 3.65. The maximum absolute atomic E-state index is 12.9. The summed E-state index contributed by atoms with van der Waals surface area (Å²) in [7, 11) is -1.55. The summed E-state index contributed by atoms with van der Waals surface area (Å²) < 4.78 is 17.7. The summed E-state index contributed by atoms with van der Waals surface area (Å²) in [4.78, 5) is 39.1. The standard InChI is InChI=1S/C19H21BrN2O5S/c1-10-13(18(25)27-19(2,3)4)22-16(24)12(17(22)28(26)14(10)20)21-15(23)11-8-6-5-7-9-11/h5-9,12,14,17H,1-4H3,(H,21,23)/t12?,14?,17-,28?/m1/s1. The minimum absolute atomic E-state index is 0.0802. The number of amides is 2. The summed E-state index contributed by atoms with van der Waals surface area (Å²) in [5.41, 5.74) is 0.194. The number of nitrogens with one attached hydrogen (secondary N) is 1. The molecule has 1 aromatic rings. The minimum Gasteiger partial charge on any atom is -0.455 e. The molecule has 0 bridgehead atoms. The molecule has 0 aromatic heterocycles. The van der Waals surface area contributed by atoms with E-state index in [4.69, 9.17) is 4.74 Å². The Hall–Kier alpha value is -2.00. The molecule has 1 aromatic carbocycles. The molecule has 1 saturated heterocycles. The van der Waals surface area contributed by atoms with Gasteiger partial charge in [0.25, 0.3) is 11.8 Å². The topological polar surface area (TPSA) is 92.8 Å². The number of fused-ring (bicyclic) bond motifs is 1. The van der Waals surface area contributed by atoms with Crippen molar-refractivity contribution >= 4 is 44.5 Å². The van der Waals surface area contributed by atoms with Gasteiger partial charge in [0.2, 0.25) is 0 Å². The van der Waals surface area contributed by atoms with Gasteiger partial charge in [-0.1, -0.05) is 34.1 Å². The zero-order chi connectivity index (χ0) is 20.8. The number of hydrogen-bond donors (Lipinski definition) is 1. The average molecular weight is 469 g/mol. The minimum atomic E-state index is -1.55. The van der Waals surface area contributed by atoms with Crippen LogP contribution < -0.4 is 5.32 Å². The van der Waals surface area contributed by atoms with Crippen molar-refractivity contribution in [1.82, 2.24) is 10.2 Å². The fourth-order valence-electron chi connectivity index (χ4n) is 3.07. The number of ether oxygens (including phenoxy) is 1. The van der Waals surface area contributed by atoms with Gasteiger partial charge in [0.15, 0.2) is 0 Å². The van der Waals surface area contributed by atoms with E-state index in [9.17, 15) is 18.6 Å². The van der Waals surface area contributed by atoms with Crippen LogP contribution in [0.2, 0.25) is 0 Å². The predicted molar refractivity (Wildman–Crippen MR) is 108 cm³/mol. The molecular weight excluding hydrogens is 448 g/mol. The van der Waals surface area contributed by atoms with E-state index in [2.05, 4.69) is 21.2 Å². The van der Waals surface area contributed by atoms with Crippen molar-refractivity contribution in [3.05, 3.63) is 47.2 Å². The first kappa shape index (κ1) is 20.7. The quantitative estimate of drug-likeness (QED) is 0.416. The largest absolute Gasteiger partial charge is 0.455 e. The Kier molecular flexibility index (Phi) is 5.51. The third-order valence-electron chi connectivity index (χ3n) is 4.35. The second-order valence-corrected chi connectivity index (χ2v) is 10.7. The molecule has 2 aliphatic heterocycles. The molecule has 9 heteroatoms. The SMILES string of the molecule is CC1=C(C(=O)OC(C)(C)C)N2C(=O)C(NC(=O)c3ccccc3)[C@H]2S(=O)C1Br. The normalized spacial score (nSPS) is 27.0. The van der Waals surface area contributed by atoms with Crippen molar-refractivity contribution < 1.29 is 23.3 Å². The molecule has 150 valence electrons. The van der Waals surface area contributed by atoms with Crippen molar-refractivity contribution in [2.75, 3.05) is 0 Å². The molecule has 1 N–H and O–H groups in total. The van der Waals surface area contributed by atoms with E-state index in [0.29, 0.717) is 11.1 Å². The van der Waals surface area contributed by atoms with E-state index in [1.165, 1.54) is 4.90 Å². The Morgan fingerprint density at radius 2 is 1.82 bits per heavy atom. The molecule has 0 spiro atoms. The monoisotopic (exact) mass is 468 g/mol. The number of benzene rings is 1. The second kappa shape index (κ2) is 7.44. The van der Waals surface area contributed by atoms with Gasteiger partial charge in [-0.2, -0.15) is 0 Å². The van der Waals surface area contributed by atoms with Crippen LogP contribution in [0, 0.1) is 0 Å². The van der Waals surface area contributed by atoms with Gasteiger partial charge < -0.3 is 10.1 Å². The molecule has 2 heterocycles. The van der Waals surface area contributed by atoms with Crippen molar-refractivity contribution in [2.24, 2.45) is 0 Å². The van der Waals surface area contributed by atoms with Crippen LogP contribution in [-0.4, -0.2) is 48.1 Å². The van der Waals surface area contributed by atoms with Crippen LogP contribution in [0.1, 0.15) is 38.1 Å². The lowest BCUT2D eigenvalue weighted by Crippen LogP contribution is -2.74. The maximum atomic E-state index is 12.9.